The Labute approximate surface area is 136 Å². The Morgan fingerprint density at radius 1 is 1.19 bits per heavy atom. The molecule has 108 valence electrons. The third-order valence-corrected chi connectivity index (χ3v) is 4.75. The van der Waals surface area contributed by atoms with E-state index < -0.39 is 0 Å². The van der Waals surface area contributed by atoms with Gasteiger partial charge in [0.25, 0.3) is 0 Å². The molecule has 0 spiro atoms. The minimum atomic E-state index is 0.576. The van der Waals surface area contributed by atoms with Gasteiger partial charge in [-0.15, -0.1) is 11.3 Å². The second-order valence-electron chi connectivity index (χ2n) is 4.91. The van der Waals surface area contributed by atoms with Crippen LogP contribution < -0.4 is 5.73 Å². The highest BCUT2D eigenvalue weighted by Gasteiger charge is 2.16. The fraction of sp³-hybridized carbons (Fsp3) is 0.133. The molecule has 0 unspecified atom stereocenters. The van der Waals surface area contributed by atoms with Crippen molar-refractivity contribution in [2.45, 2.75) is 13.8 Å². The van der Waals surface area contributed by atoms with Gasteiger partial charge in [0.2, 0.25) is 0 Å². The van der Waals surface area contributed by atoms with Crippen molar-refractivity contribution in [1.82, 2.24) is 9.78 Å². The van der Waals surface area contributed by atoms with Gasteiger partial charge in [-0.05, 0) is 37.1 Å². The SMILES string of the molecule is Cc1ccc(C)c(-n2cc(N)c(-c3cc(Cl)sc3Cl)n2)c1. The minimum Gasteiger partial charge on any atom is -0.396 e. The number of nitrogens with zero attached hydrogens (tertiary/aromatic N) is 2. The average molecular weight is 338 g/mol. The molecule has 1 aromatic carbocycles. The number of nitrogen functional groups attached to an aromatic ring is 1. The molecule has 0 aliphatic rings. The summed E-state index contributed by atoms with van der Waals surface area (Å²) in [4.78, 5) is 0. The molecule has 21 heavy (non-hydrogen) atoms. The highest BCUT2D eigenvalue weighted by Crippen LogP contribution is 2.39. The molecule has 0 fully saturated rings. The number of benzene rings is 1. The van der Waals surface area contributed by atoms with E-state index in [4.69, 9.17) is 28.9 Å². The first kappa shape index (κ1) is 14.4. The molecule has 3 aromatic rings. The van der Waals surface area contributed by atoms with Crippen LogP contribution in [-0.4, -0.2) is 9.78 Å². The summed E-state index contributed by atoms with van der Waals surface area (Å²) in [5.74, 6) is 0. The van der Waals surface area contributed by atoms with Crippen LogP contribution in [0.25, 0.3) is 16.9 Å². The molecule has 2 aromatic heterocycles. The quantitative estimate of drug-likeness (QED) is 0.706. The predicted octanol–water partition coefficient (Wildman–Crippen LogP) is 5.11. The maximum atomic E-state index is 6.19. The number of aryl methyl sites for hydroxylation is 2. The summed E-state index contributed by atoms with van der Waals surface area (Å²) >= 11 is 13.5. The standard InChI is InChI=1S/C15H13Cl2N3S/c1-8-3-4-9(2)12(5-8)20-7-11(18)14(19-20)10-6-13(16)21-15(10)17/h3-7H,18H2,1-2H3. The van der Waals surface area contributed by atoms with Crippen LogP contribution in [-0.2, 0) is 0 Å². The summed E-state index contributed by atoms with van der Waals surface area (Å²) in [6.45, 7) is 4.09. The van der Waals surface area contributed by atoms with Crippen LogP contribution in [0.5, 0.6) is 0 Å². The van der Waals surface area contributed by atoms with Gasteiger partial charge >= 0.3 is 0 Å². The van der Waals surface area contributed by atoms with E-state index in [2.05, 4.69) is 23.3 Å². The molecule has 3 nitrogen and oxygen atoms in total. The topological polar surface area (TPSA) is 43.8 Å². The van der Waals surface area contributed by atoms with Crippen LogP contribution in [0.3, 0.4) is 0 Å². The fourth-order valence-electron chi connectivity index (χ4n) is 2.19. The zero-order chi connectivity index (χ0) is 15.1. The van der Waals surface area contributed by atoms with E-state index in [0.29, 0.717) is 20.1 Å². The molecule has 6 heteroatoms. The van der Waals surface area contributed by atoms with E-state index in [0.717, 1.165) is 16.8 Å². The van der Waals surface area contributed by atoms with Crippen LogP contribution in [0.1, 0.15) is 11.1 Å². The minimum absolute atomic E-state index is 0.576. The lowest BCUT2D eigenvalue weighted by Gasteiger charge is -2.06. The first-order chi connectivity index (χ1) is 9.95. The summed E-state index contributed by atoms with van der Waals surface area (Å²) in [5.41, 5.74) is 11.4. The highest BCUT2D eigenvalue weighted by atomic mass is 35.5. The largest absolute Gasteiger partial charge is 0.396 e. The summed E-state index contributed by atoms with van der Waals surface area (Å²) in [5, 5.41) is 4.58. The predicted molar refractivity (Wildman–Crippen MR) is 90.8 cm³/mol. The molecule has 0 saturated carbocycles. The van der Waals surface area contributed by atoms with Crippen molar-refractivity contribution in [3.05, 3.63) is 50.3 Å². The van der Waals surface area contributed by atoms with Gasteiger partial charge in [-0.1, -0.05) is 35.3 Å². The van der Waals surface area contributed by atoms with Crippen LogP contribution >= 0.6 is 34.5 Å². The van der Waals surface area contributed by atoms with E-state index in [-0.39, 0.29) is 0 Å². The van der Waals surface area contributed by atoms with E-state index in [1.165, 1.54) is 16.9 Å². The number of thiophene rings is 1. The number of hydrogen-bond acceptors (Lipinski definition) is 3. The molecular weight excluding hydrogens is 325 g/mol. The normalized spacial score (nSPS) is 11.0. The van der Waals surface area contributed by atoms with Crippen molar-refractivity contribution in [2.24, 2.45) is 0 Å². The lowest BCUT2D eigenvalue weighted by molar-refractivity contribution is 0.875. The lowest BCUT2D eigenvalue weighted by atomic mass is 10.1. The average Bonchev–Trinajstić information content (AvgIpc) is 2.95. The Morgan fingerprint density at radius 2 is 1.95 bits per heavy atom. The lowest BCUT2D eigenvalue weighted by Crippen LogP contribution is -1.98. The molecule has 0 amide bonds. The Balaban J connectivity index is 2.14. The molecular formula is C15H13Cl2N3S. The van der Waals surface area contributed by atoms with E-state index >= 15 is 0 Å². The Hall–Kier alpha value is -1.49. The van der Waals surface area contributed by atoms with Gasteiger partial charge in [0, 0.05) is 5.56 Å². The van der Waals surface area contributed by atoms with E-state index in [1.807, 2.05) is 13.8 Å². The van der Waals surface area contributed by atoms with Gasteiger partial charge < -0.3 is 5.73 Å². The summed E-state index contributed by atoms with van der Waals surface area (Å²) in [6.07, 6.45) is 1.80. The van der Waals surface area contributed by atoms with Gasteiger partial charge in [-0.2, -0.15) is 5.10 Å². The van der Waals surface area contributed by atoms with Crippen LogP contribution in [0, 0.1) is 13.8 Å². The molecule has 0 bridgehead atoms. The summed E-state index contributed by atoms with van der Waals surface area (Å²) in [7, 11) is 0. The van der Waals surface area contributed by atoms with Gasteiger partial charge in [0.1, 0.15) is 10.0 Å². The Morgan fingerprint density at radius 3 is 2.62 bits per heavy atom. The molecule has 0 aliphatic carbocycles. The summed E-state index contributed by atoms with van der Waals surface area (Å²) < 4.78 is 3.00. The zero-order valence-corrected chi connectivity index (χ0v) is 13.9. The molecule has 2 N–H and O–H groups in total. The zero-order valence-electron chi connectivity index (χ0n) is 11.5. The van der Waals surface area contributed by atoms with Gasteiger partial charge in [0.15, 0.2) is 0 Å². The van der Waals surface area contributed by atoms with E-state index in [9.17, 15) is 0 Å². The molecule has 0 radical (unpaired) electrons. The van der Waals surface area contributed by atoms with Gasteiger partial charge in [0.05, 0.1) is 21.9 Å². The van der Waals surface area contributed by atoms with Crippen LogP contribution in [0.2, 0.25) is 8.67 Å². The van der Waals surface area contributed by atoms with Crippen molar-refractivity contribution >= 4 is 40.2 Å². The number of nitrogens with two attached hydrogens (primary N) is 1. The number of halogens is 2. The maximum Gasteiger partial charge on any atom is 0.118 e. The third-order valence-electron chi connectivity index (χ3n) is 3.27. The second kappa shape index (κ2) is 5.37. The van der Waals surface area contributed by atoms with Crippen molar-refractivity contribution in [2.75, 3.05) is 5.73 Å². The Bertz CT molecular complexity index is 820. The fourth-order valence-corrected chi connectivity index (χ4v) is 3.65. The smallest absolute Gasteiger partial charge is 0.118 e. The molecule has 0 atom stereocenters. The first-order valence-electron chi connectivity index (χ1n) is 6.33. The number of anilines is 1. The van der Waals surface area contributed by atoms with Crippen molar-refractivity contribution in [3.63, 3.8) is 0 Å². The van der Waals surface area contributed by atoms with Crippen molar-refractivity contribution in [3.8, 4) is 16.9 Å². The number of hydrogen-bond donors (Lipinski definition) is 1. The van der Waals surface area contributed by atoms with Crippen molar-refractivity contribution in [1.29, 1.82) is 0 Å². The monoisotopic (exact) mass is 337 g/mol. The molecule has 0 aliphatic heterocycles. The molecule has 0 saturated heterocycles. The van der Waals surface area contributed by atoms with E-state index in [1.54, 1.807) is 16.9 Å². The number of rotatable bonds is 2. The first-order valence-corrected chi connectivity index (χ1v) is 7.91. The molecule has 2 heterocycles. The molecule has 3 rings (SSSR count). The van der Waals surface area contributed by atoms with Gasteiger partial charge in [-0.25, -0.2) is 4.68 Å². The van der Waals surface area contributed by atoms with Gasteiger partial charge in [-0.3, -0.25) is 0 Å². The second-order valence-corrected chi connectivity index (χ2v) is 7.19. The van der Waals surface area contributed by atoms with Crippen LogP contribution in [0.4, 0.5) is 5.69 Å². The Kier molecular flexibility index (Phi) is 3.69. The maximum absolute atomic E-state index is 6.19. The highest BCUT2D eigenvalue weighted by molar-refractivity contribution is 7.20. The van der Waals surface area contributed by atoms with Crippen molar-refractivity contribution < 1.29 is 0 Å². The number of aromatic nitrogens is 2. The van der Waals surface area contributed by atoms with Crippen LogP contribution in [0.15, 0.2) is 30.5 Å². The third kappa shape index (κ3) is 2.67. The summed E-state index contributed by atoms with van der Waals surface area (Å²) in [6, 6.07) is 8.01.